The Hall–Kier alpha value is -0.610. The van der Waals surface area contributed by atoms with E-state index in [4.69, 9.17) is 17.3 Å². The summed E-state index contributed by atoms with van der Waals surface area (Å²) in [5.41, 5.74) is 6.58. The molecule has 0 atom stereocenters. The molecule has 0 spiro atoms. The summed E-state index contributed by atoms with van der Waals surface area (Å²) in [4.78, 5) is 6.54. The average molecular weight is 244 g/mol. The van der Waals surface area contributed by atoms with Gasteiger partial charge in [-0.05, 0) is 18.2 Å². The topological polar surface area (TPSA) is 42.1 Å². The molecule has 1 aliphatic heterocycles. The molecule has 3 nitrogen and oxygen atoms in total. The largest absolute Gasteiger partial charge is 0.396 e. The van der Waals surface area contributed by atoms with Crippen LogP contribution in [-0.4, -0.2) is 29.6 Å². The molecule has 2 N–H and O–H groups in total. The van der Waals surface area contributed by atoms with E-state index in [-0.39, 0.29) is 0 Å². The summed E-state index contributed by atoms with van der Waals surface area (Å²) in [6, 6.07) is 1.77. The first-order valence-corrected chi connectivity index (χ1v) is 6.54. The monoisotopic (exact) mass is 243 g/mol. The molecular formula is C10H14ClN3S. The molecule has 0 saturated carbocycles. The van der Waals surface area contributed by atoms with Gasteiger partial charge in [-0.15, -0.1) is 0 Å². The van der Waals surface area contributed by atoms with Crippen LogP contribution in [-0.2, 0) is 0 Å². The molecule has 0 aliphatic carbocycles. The van der Waals surface area contributed by atoms with Crippen LogP contribution >= 0.6 is 23.4 Å². The second-order valence-corrected chi connectivity index (χ2v) is 5.18. The lowest BCUT2D eigenvalue weighted by molar-refractivity contribution is 0.803. The molecule has 82 valence electrons. The van der Waals surface area contributed by atoms with Crippen molar-refractivity contribution in [2.45, 2.75) is 6.42 Å². The van der Waals surface area contributed by atoms with Crippen molar-refractivity contribution in [2.75, 3.05) is 35.2 Å². The van der Waals surface area contributed by atoms with Gasteiger partial charge in [0.05, 0.1) is 10.7 Å². The molecule has 1 aromatic heterocycles. The maximum atomic E-state index is 5.91. The minimum Gasteiger partial charge on any atom is -0.396 e. The van der Waals surface area contributed by atoms with Gasteiger partial charge in [0.25, 0.3) is 0 Å². The van der Waals surface area contributed by atoms with Crippen LogP contribution in [0.3, 0.4) is 0 Å². The van der Waals surface area contributed by atoms with Crippen molar-refractivity contribution in [3.63, 3.8) is 0 Å². The van der Waals surface area contributed by atoms with Gasteiger partial charge in [-0.2, -0.15) is 11.8 Å². The maximum Gasteiger partial charge on any atom is 0.151 e. The Morgan fingerprint density at radius 3 is 3.07 bits per heavy atom. The van der Waals surface area contributed by atoms with Gasteiger partial charge in [0, 0.05) is 25.0 Å². The smallest absolute Gasteiger partial charge is 0.151 e. The minimum absolute atomic E-state index is 0.598. The van der Waals surface area contributed by atoms with Gasteiger partial charge in [0.15, 0.2) is 5.82 Å². The number of nitrogens with zero attached hydrogens (tertiary/aromatic N) is 2. The Bertz CT molecular complexity index is 337. The summed E-state index contributed by atoms with van der Waals surface area (Å²) in [6.45, 7) is 2.05. The lowest BCUT2D eigenvalue weighted by Gasteiger charge is -2.22. The molecule has 1 aromatic rings. The SMILES string of the molecule is Nc1cc(Cl)cnc1N1CCCSCC1. The second-order valence-electron chi connectivity index (χ2n) is 3.52. The Morgan fingerprint density at radius 1 is 1.40 bits per heavy atom. The summed E-state index contributed by atoms with van der Waals surface area (Å²) >= 11 is 7.81. The summed E-state index contributed by atoms with van der Waals surface area (Å²) in [6.07, 6.45) is 2.85. The number of rotatable bonds is 1. The standard InChI is InChI=1S/C10H14ClN3S/c11-8-6-9(12)10(13-7-8)14-2-1-4-15-5-3-14/h6-7H,1-5,12H2. The average Bonchev–Trinajstić information content (AvgIpc) is 2.46. The first-order valence-electron chi connectivity index (χ1n) is 5.01. The number of nitrogens with two attached hydrogens (primary N) is 1. The van der Waals surface area contributed by atoms with E-state index in [1.807, 2.05) is 11.8 Å². The zero-order chi connectivity index (χ0) is 10.7. The highest BCUT2D eigenvalue weighted by molar-refractivity contribution is 7.99. The minimum atomic E-state index is 0.598. The van der Waals surface area contributed by atoms with Crippen molar-refractivity contribution in [1.82, 2.24) is 4.98 Å². The molecule has 1 saturated heterocycles. The van der Waals surface area contributed by atoms with E-state index >= 15 is 0 Å². The van der Waals surface area contributed by atoms with Crippen LogP contribution in [0.1, 0.15) is 6.42 Å². The van der Waals surface area contributed by atoms with Crippen LogP contribution in [0.15, 0.2) is 12.3 Å². The Kier molecular flexibility index (Phi) is 3.59. The van der Waals surface area contributed by atoms with E-state index in [0.717, 1.165) is 24.7 Å². The molecule has 0 aromatic carbocycles. The van der Waals surface area contributed by atoms with Crippen molar-refractivity contribution >= 4 is 34.9 Å². The fourth-order valence-electron chi connectivity index (χ4n) is 1.67. The molecule has 2 heterocycles. The molecule has 15 heavy (non-hydrogen) atoms. The van der Waals surface area contributed by atoms with Gasteiger partial charge in [-0.25, -0.2) is 4.98 Å². The zero-order valence-corrected chi connectivity index (χ0v) is 10.0. The van der Waals surface area contributed by atoms with Crippen molar-refractivity contribution in [1.29, 1.82) is 0 Å². The van der Waals surface area contributed by atoms with E-state index in [2.05, 4.69) is 9.88 Å². The maximum absolute atomic E-state index is 5.91. The Labute approximate surface area is 99.0 Å². The van der Waals surface area contributed by atoms with Crippen molar-refractivity contribution in [2.24, 2.45) is 0 Å². The van der Waals surface area contributed by atoms with Gasteiger partial charge in [-0.1, -0.05) is 11.6 Å². The number of aromatic nitrogens is 1. The van der Waals surface area contributed by atoms with Crippen molar-refractivity contribution in [3.05, 3.63) is 17.3 Å². The quantitative estimate of drug-likeness (QED) is 0.822. The van der Waals surface area contributed by atoms with E-state index in [0.29, 0.717) is 10.7 Å². The molecule has 0 unspecified atom stereocenters. The van der Waals surface area contributed by atoms with Crippen LogP contribution in [0.2, 0.25) is 5.02 Å². The molecule has 1 aliphatic rings. The number of nitrogen functional groups attached to an aromatic ring is 1. The zero-order valence-electron chi connectivity index (χ0n) is 8.45. The predicted molar refractivity (Wildman–Crippen MR) is 67.8 cm³/mol. The summed E-state index contributed by atoms with van der Waals surface area (Å²) < 4.78 is 0. The first kappa shape index (κ1) is 10.9. The Morgan fingerprint density at radius 2 is 2.27 bits per heavy atom. The normalized spacial score (nSPS) is 17.5. The summed E-state index contributed by atoms with van der Waals surface area (Å²) in [5, 5.41) is 0.598. The van der Waals surface area contributed by atoms with Crippen LogP contribution in [0.5, 0.6) is 0 Å². The molecular weight excluding hydrogens is 230 g/mol. The summed E-state index contributed by atoms with van der Waals surface area (Å²) in [5.74, 6) is 3.25. The first-order chi connectivity index (χ1) is 7.27. The number of hydrogen-bond acceptors (Lipinski definition) is 4. The number of anilines is 2. The predicted octanol–water partition coefficient (Wildman–Crippen LogP) is 2.26. The number of halogens is 1. The molecule has 0 radical (unpaired) electrons. The summed E-state index contributed by atoms with van der Waals surface area (Å²) in [7, 11) is 0. The van der Waals surface area contributed by atoms with Crippen molar-refractivity contribution in [3.8, 4) is 0 Å². The van der Waals surface area contributed by atoms with E-state index in [1.165, 1.54) is 12.2 Å². The van der Waals surface area contributed by atoms with Crippen LogP contribution in [0.4, 0.5) is 11.5 Å². The van der Waals surface area contributed by atoms with Gasteiger partial charge < -0.3 is 10.6 Å². The third kappa shape index (κ3) is 2.69. The molecule has 0 bridgehead atoms. The Balaban J connectivity index is 2.19. The third-order valence-corrected chi connectivity index (χ3v) is 3.64. The highest BCUT2D eigenvalue weighted by atomic mass is 35.5. The van der Waals surface area contributed by atoms with Crippen LogP contribution in [0, 0.1) is 0 Å². The third-order valence-electron chi connectivity index (χ3n) is 2.38. The van der Waals surface area contributed by atoms with E-state index < -0.39 is 0 Å². The molecule has 2 rings (SSSR count). The van der Waals surface area contributed by atoms with E-state index in [1.54, 1.807) is 12.3 Å². The molecule has 1 fully saturated rings. The van der Waals surface area contributed by atoms with Crippen LogP contribution in [0.25, 0.3) is 0 Å². The lowest BCUT2D eigenvalue weighted by atomic mass is 10.3. The number of pyridine rings is 1. The van der Waals surface area contributed by atoms with Gasteiger partial charge in [-0.3, -0.25) is 0 Å². The van der Waals surface area contributed by atoms with Gasteiger partial charge >= 0.3 is 0 Å². The number of thioether (sulfide) groups is 1. The fraction of sp³-hybridized carbons (Fsp3) is 0.500. The van der Waals surface area contributed by atoms with Gasteiger partial charge in [0.2, 0.25) is 0 Å². The van der Waals surface area contributed by atoms with Crippen molar-refractivity contribution < 1.29 is 0 Å². The van der Waals surface area contributed by atoms with Crippen LogP contribution < -0.4 is 10.6 Å². The number of hydrogen-bond donors (Lipinski definition) is 1. The second kappa shape index (κ2) is 4.94. The fourth-order valence-corrected chi connectivity index (χ4v) is 2.72. The van der Waals surface area contributed by atoms with Gasteiger partial charge in [0.1, 0.15) is 0 Å². The molecule has 0 amide bonds. The highest BCUT2D eigenvalue weighted by Crippen LogP contribution is 2.25. The highest BCUT2D eigenvalue weighted by Gasteiger charge is 2.13. The van der Waals surface area contributed by atoms with E-state index in [9.17, 15) is 0 Å². The lowest BCUT2D eigenvalue weighted by Crippen LogP contribution is -2.27. The molecule has 5 heteroatoms.